The van der Waals surface area contributed by atoms with Gasteiger partial charge in [0.25, 0.3) is 0 Å². The number of nitrogens with zero attached hydrogens (tertiary/aromatic N) is 2. The zero-order valence-corrected chi connectivity index (χ0v) is 16.8. The molecule has 0 saturated carbocycles. The fourth-order valence-electron chi connectivity index (χ4n) is 3.88. The predicted molar refractivity (Wildman–Crippen MR) is 114 cm³/mol. The molecule has 4 heteroatoms. The van der Waals surface area contributed by atoms with Crippen LogP contribution in [0.2, 0.25) is 0 Å². The predicted octanol–water partition coefficient (Wildman–Crippen LogP) is 5.51. The van der Waals surface area contributed by atoms with Crippen LogP contribution in [0.25, 0.3) is 10.9 Å². The maximum absolute atomic E-state index is 6.00. The summed E-state index contributed by atoms with van der Waals surface area (Å²) in [4.78, 5) is 7.38. The van der Waals surface area contributed by atoms with Crippen molar-refractivity contribution in [2.24, 2.45) is 0 Å². The van der Waals surface area contributed by atoms with Crippen LogP contribution in [0.15, 0.2) is 48.5 Å². The molecule has 1 saturated heterocycles. The zero-order chi connectivity index (χ0) is 19.3. The molecule has 2 heterocycles. The van der Waals surface area contributed by atoms with Crippen molar-refractivity contribution in [2.75, 3.05) is 25.1 Å². The minimum atomic E-state index is 0.507. The van der Waals surface area contributed by atoms with Gasteiger partial charge in [-0.15, -0.1) is 0 Å². The van der Waals surface area contributed by atoms with E-state index in [0.29, 0.717) is 6.61 Å². The summed E-state index contributed by atoms with van der Waals surface area (Å²) >= 11 is 0. The van der Waals surface area contributed by atoms with E-state index in [4.69, 9.17) is 14.5 Å². The number of methoxy groups -OCH3 is 1. The van der Waals surface area contributed by atoms with E-state index in [0.717, 1.165) is 41.4 Å². The van der Waals surface area contributed by atoms with Crippen molar-refractivity contribution < 1.29 is 9.47 Å². The second-order valence-electron chi connectivity index (χ2n) is 7.49. The molecule has 0 spiro atoms. The van der Waals surface area contributed by atoms with Crippen molar-refractivity contribution in [2.45, 2.75) is 39.2 Å². The number of rotatable bonds is 5. The van der Waals surface area contributed by atoms with Crippen LogP contribution in [0.5, 0.6) is 11.5 Å². The molecule has 2 aromatic carbocycles. The van der Waals surface area contributed by atoms with E-state index in [9.17, 15) is 0 Å². The molecule has 1 aromatic heterocycles. The Morgan fingerprint density at radius 2 is 1.75 bits per heavy atom. The monoisotopic (exact) mass is 376 g/mol. The minimum absolute atomic E-state index is 0.507. The quantitative estimate of drug-likeness (QED) is 0.588. The van der Waals surface area contributed by atoms with E-state index in [1.54, 1.807) is 7.11 Å². The molecule has 4 rings (SSSR count). The number of fused-ring (bicyclic) bond motifs is 1. The summed E-state index contributed by atoms with van der Waals surface area (Å²) in [7, 11) is 1.68. The van der Waals surface area contributed by atoms with Gasteiger partial charge in [-0.25, -0.2) is 0 Å². The second-order valence-corrected chi connectivity index (χ2v) is 7.49. The van der Waals surface area contributed by atoms with Gasteiger partial charge in [0, 0.05) is 24.5 Å². The van der Waals surface area contributed by atoms with Crippen LogP contribution in [-0.4, -0.2) is 25.2 Å². The standard InChI is InChI=1S/C24H28N2O2/c1-18-24(26-12-5-3-4-6-13-26)15-20-10-11-22(16-23(20)25-18)28-17-19-8-7-9-21(14-19)27-2/h7-11,14-16H,3-6,12-13,17H2,1-2H3. The van der Waals surface area contributed by atoms with E-state index >= 15 is 0 Å². The SMILES string of the molecule is COc1cccc(COc2ccc3cc(N4CCCCCC4)c(C)nc3c2)c1. The Balaban J connectivity index is 1.53. The highest BCUT2D eigenvalue weighted by atomic mass is 16.5. The summed E-state index contributed by atoms with van der Waals surface area (Å²) < 4.78 is 11.3. The summed E-state index contributed by atoms with van der Waals surface area (Å²) in [5, 5.41) is 1.17. The van der Waals surface area contributed by atoms with Gasteiger partial charge in [0.15, 0.2) is 0 Å². The lowest BCUT2D eigenvalue weighted by Gasteiger charge is -2.24. The molecular formula is C24H28N2O2. The van der Waals surface area contributed by atoms with Crippen LogP contribution in [0.4, 0.5) is 5.69 Å². The highest BCUT2D eigenvalue weighted by Crippen LogP contribution is 2.28. The van der Waals surface area contributed by atoms with Gasteiger partial charge in [-0.05, 0) is 55.7 Å². The van der Waals surface area contributed by atoms with Crippen molar-refractivity contribution in [3.05, 3.63) is 59.8 Å². The Labute approximate surface area is 167 Å². The molecule has 1 aliphatic rings. The summed E-state index contributed by atoms with van der Waals surface area (Å²) in [6, 6.07) is 16.4. The van der Waals surface area contributed by atoms with Crippen LogP contribution >= 0.6 is 0 Å². The van der Waals surface area contributed by atoms with Crippen molar-refractivity contribution in [1.29, 1.82) is 0 Å². The summed E-state index contributed by atoms with van der Waals surface area (Å²) in [5.41, 5.74) is 4.44. The molecule has 0 unspecified atom stereocenters. The minimum Gasteiger partial charge on any atom is -0.497 e. The molecule has 0 bridgehead atoms. The van der Waals surface area contributed by atoms with E-state index in [-0.39, 0.29) is 0 Å². The molecule has 0 N–H and O–H groups in total. The highest BCUT2D eigenvalue weighted by Gasteiger charge is 2.14. The molecule has 0 amide bonds. The molecule has 28 heavy (non-hydrogen) atoms. The maximum Gasteiger partial charge on any atom is 0.122 e. The fraction of sp³-hybridized carbons (Fsp3) is 0.375. The van der Waals surface area contributed by atoms with Crippen molar-refractivity contribution in [3.63, 3.8) is 0 Å². The Hall–Kier alpha value is -2.75. The first-order chi connectivity index (χ1) is 13.7. The van der Waals surface area contributed by atoms with Crippen LogP contribution in [-0.2, 0) is 6.61 Å². The number of hydrogen-bond donors (Lipinski definition) is 0. The molecule has 1 aliphatic heterocycles. The third-order valence-corrected chi connectivity index (χ3v) is 5.44. The summed E-state index contributed by atoms with van der Waals surface area (Å²) in [6.07, 6.45) is 5.22. The lowest BCUT2D eigenvalue weighted by atomic mass is 10.1. The fourth-order valence-corrected chi connectivity index (χ4v) is 3.88. The molecule has 146 valence electrons. The number of benzene rings is 2. The van der Waals surface area contributed by atoms with Gasteiger partial charge in [-0.2, -0.15) is 0 Å². The van der Waals surface area contributed by atoms with Crippen molar-refractivity contribution in [1.82, 2.24) is 4.98 Å². The number of pyridine rings is 1. The average molecular weight is 377 g/mol. The topological polar surface area (TPSA) is 34.6 Å². The normalized spacial score (nSPS) is 14.7. The third-order valence-electron chi connectivity index (χ3n) is 5.44. The lowest BCUT2D eigenvalue weighted by molar-refractivity contribution is 0.305. The molecular weight excluding hydrogens is 348 g/mol. The van der Waals surface area contributed by atoms with Crippen molar-refractivity contribution >= 4 is 16.6 Å². The molecule has 3 aromatic rings. The zero-order valence-electron chi connectivity index (χ0n) is 16.8. The van der Waals surface area contributed by atoms with Gasteiger partial charge in [-0.1, -0.05) is 25.0 Å². The average Bonchev–Trinajstić information content (AvgIpc) is 3.01. The number of ether oxygens (including phenoxy) is 2. The van der Waals surface area contributed by atoms with Gasteiger partial charge in [0.1, 0.15) is 18.1 Å². The highest BCUT2D eigenvalue weighted by molar-refractivity contribution is 5.84. The molecule has 4 nitrogen and oxygen atoms in total. The second kappa shape index (κ2) is 8.51. The van der Waals surface area contributed by atoms with Crippen LogP contribution in [0, 0.1) is 6.92 Å². The van der Waals surface area contributed by atoms with Gasteiger partial charge in [0.05, 0.1) is 24.0 Å². The Morgan fingerprint density at radius 1 is 0.929 bits per heavy atom. The number of hydrogen-bond acceptors (Lipinski definition) is 4. The van der Waals surface area contributed by atoms with Crippen LogP contribution in [0.3, 0.4) is 0 Å². The first-order valence-electron chi connectivity index (χ1n) is 10.1. The first-order valence-corrected chi connectivity index (χ1v) is 10.1. The Bertz CT molecular complexity index is 946. The van der Waals surface area contributed by atoms with E-state index in [1.165, 1.54) is 36.8 Å². The van der Waals surface area contributed by atoms with E-state index in [2.05, 4.69) is 24.0 Å². The van der Waals surface area contributed by atoms with Gasteiger partial charge in [-0.3, -0.25) is 4.98 Å². The summed E-state index contributed by atoms with van der Waals surface area (Å²) in [6.45, 7) is 4.89. The molecule has 1 fully saturated rings. The van der Waals surface area contributed by atoms with Crippen LogP contribution < -0.4 is 14.4 Å². The van der Waals surface area contributed by atoms with Gasteiger partial charge < -0.3 is 14.4 Å². The third kappa shape index (κ3) is 4.22. The van der Waals surface area contributed by atoms with Gasteiger partial charge >= 0.3 is 0 Å². The van der Waals surface area contributed by atoms with Crippen LogP contribution in [0.1, 0.15) is 36.9 Å². The Kier molecular flexibility index (Phi) is 5.65. The molecule has 0 aliphatic carbocycles. The molecule has 0 radical (unpaired) electrons. The maximum atomic E-state index is 6.00. The smallest absolute Gasteiger partial charge is 0.122 e. The lowest BCUT2D eigenvalue weighted by Crippen LogP contribution is -2.24. The summed E-state index contributed by atoms with van der Waals surface area (Å²) in [5.74, 6) is 1.68. The van der Waals surface area contributed by atoms with E-state index in [1.807, 2.05) is 36.4 Å². The van der Waals surface area contributed by atoms with E-state index < -0.39 is 0 Å². The first kappa shape index (κ1) is 18.6. The largest absolute Gasteiger partial charge is 0.497 e. The number of aryl methyl sites for hydroxylation is 1. The number of aromatic nitrogens is 1. The number of anilines is 1. The van der Waals surface area contributed by atoms with Gasteiger partial charge in [0.2, 0.25) is 0 Å². The Morgan fingerprint density at radius 3 is 2.54 bits per heavy atom. The molecule has 0 atom stereocenters. The van der Waals surface area contributed by atoms with Crippen molar-refractivity contribution in [3.8, 4) is 11.5 Å².